The van der Waals surface area contributed by atoms with E-state index in [2.05, 4.69) is 36.3 Å². The van der Waals surface area contributed by atoms with Crippen molar-refractivity contribution in [1.82, 2.24) is 4.90 Å². The first-order valence-corrected chi connectivity index (χ1v) is 5.80. The third-order valence-corrected chi connectivity index (χ3v) is 3.30. The van der Waals surface area contributed by atoms with Crippen LogP contribution in [0.3, 0.4) is 0 Å². The van der Waals surface area contributed by atoms with E-state index in [4.69, 9.17) is 11.6 Å². The summed E-state index contributed by atoms with van der Waals surface area (Å²) in [6.07, 6.45) is 0. The van der Waals surface area contributed by atoms with Gasteiger partial charge < -0.3 is 10.2 Å². The minimum atomic E-state index is 0.573. The number of benzene rings is 1. The number of rotatable bonds is 3. The van der Waals surface area contributed by atoms with Gasteiger partial charge in [-0.3, -0.25) is 0 Å². The molecule has 0 unspecified atom stereocenters. The van der Waals surface area contributed by atoms with E-state index in [-0.39, 0.29) is 0 Å². The molecule has 3 heteroatoms. The van der Waals surface area contributed by atoms with Crippen molar-refractivity contribution >= 4 is 17.3 Å². The van der Waals surface area contributed by atoms with Gasteiger partial charge in [0.1, 0.15) is 0 Å². The van der Waals surface area contributed by atoms with Crippen LogP contribution in [0.15, 0.2) is 18.2 Å². The fourth-order valence-corrected chi connectivity index (χ4v) is 2.22. The summed E-state index contributed by atoms with van der Waals surface area (Å²) < 4.78 is 0. The minimum Gasteiger partial charge on any atom is -0.384 e. The number of nitrogens with one attached hydrogen (secondary N) is 1. The predicted octanol–water partition coefficient (Wildman–Crippen LogP) is 2.80. The molecule has 1 heterocycles. The SMILES string of the molecule is CCN(C)C[C@H]1CNc2ccc(Cl)cc21. The van der Waals surface area contributed by atoms with Gasteiger partial charge in [-0.1, -0.05) is 18.5 Å². The average molecular weight is 225 g/mol. The Balaban J connectivity index is 2.16. The molecule has 1 aliphatic heterocycles. The molecular formula is C12H17ClN2. The van der Waals surface area contributed by atoms with Crippen LogP contribution in [-0.4, -0.2) is 31.6 Å². The fourth-order valence-electron chi connectivity index (χ4n) is 2.04. The highest BCUT2D eigenvalue weighted by Crippen LogP contribution is 2.33. The van der Waals surface area contributed by atoms with Crippen molar-refractivity contribution in [2.45, 2.75) is 12.8 Å². The molecule has 1 aliphatic rings. The molecule has 0 spiro atoms. The van der Waals surface area contributed by atoms with Crippen LogP contribution in [0.4, 0.5) is 5.69 Å². The van der Waals surface area contributed by atoms with Crippen molar-refractivity contribution in [3.05, 3.63) is 28.8 Å². The van der Waals surface area contributed by atoms with Gasteiger partial charge in [0.25, 0.3) is 0 Å². The normalized spacial score (nSPS) is 19.1. The Morgan fingerprint density at radius 3 is 3.07 bits per heavy atom. The Kier molecular flexibility index (Phi) is 3.17. The molecule has 1 aromatic rings. The lowest BCUT2D eigenvalue weighted by Gasteiger charge is -2.19. The number of nitrogens with zero attached hydrogens (tertiary/aromatic N) is 1. The third-order valence-electron chi connectivity index (χ3n) is 3.06. The van der Waals surface area contributed by atoms with E-state index < -0.39 is 0 Å². The number of halogens is 1. The van der Waals surface area contributed by atoms with Gasteiger partial charge >= 0.3 is 0 Å². The summed E-state index contributed by atoms with van der Waals surface area (Å²) in [5.41, 5.74) is 2.61. The van der Waals surface area contributed by atoms with E-state index in [1.165, 1.54) is 11.3 Å². The van der Waals surface area contributed by atoms with Crippen LogP contribution in [0, 0.1) is 0 Å². The van der Waals surface area contributed by atoms with Crippen LogP contribution in [0.2, 0.25) is 5.02 Å². The summed E-state index contributed by atoms with van der Waals surface area (Å²) in [6.45, 7) is 5.39. The molecule has 0 aromatic heterocycles. The van der Waals surface area contributed by atoms with E-state index >= 15 is 0 Å². The summed E-state index contributed by atoms with van der Waals surface area (Å²) in [6, 6.07) is 6.11. The lowest BCUT2D eigenvalue weighted by atomic mass is 10.0. The van der Waals surface area contributed by atoms with Crippen molar-refractivity contribution in [1.29, 1.82) is 0 Å². The molecule has 0 fully saturated rings. The topological polar surface area (TPSA) is 15.3 Å². The maximum absolute atomic E-state index is 6.02. The highest BCUT2D eigenvalue weighted by molar-refractivity contribution is 6.30. The van der Waals surface area contributed by atoms with Crippen LogP contribution in [-0.2, 0) is 0 Å². The monoisotopic (exact) mass is 224 g/mol. The molecule has 0 saturated carbocycles. The minimum absolute atomic E-state index is 0.573. The molecule has 1 aromatic carbocycles. The lowest BCUT2D eigenvalue weighted by molar-refractivity contribution is 0.333. The molecule has 15 heavy (non-hydrogen) atoms. The van der Waals surface area contributed by atoms with Crippen molar-refractivity contribution in [3.63, 3.8) is 0 Å². The zero-order valence-electron chi connectivity index (χ0n) is 9.26. The average Bonchev–Trinajstić information content (AvgIpc) is 2.61. The van der Waals surface area contributed by atoms with Gasteiger partial charge in [-0.15, -0.1) is 0 Å². The van der Waals surface area contributed by atoms with Gasteiger partial charge in [0.2, 0.25) is 0 Å². The summed E-state index contributed by atoms with van der Waals surface area (Å²) >= 11 is 6.02. The maximum Gasteiger partial charge on any atom is 0.0410 e. The van der Waals surface area contributed by atoms with Crippen molar-refractivity contribution < 1.29 is 0 Å². The smallest absolute Gasteiger partial charge is 0.0410 e. The second kappa shape index (κ2) is 4.42. The summed E-state index contributed by atoms with van der Waals surface area (Å²) in [5.74, 6) is 0.573. The highest BCUT2D eigenvalue weighted by Gasteiger charge is 2.22. The molecule has 2 nitrogen and oxygen atoms in total. The quantitative estimate of drug-likeness (QED) is 0.850. The predicted molar refractivity (Wildman–Crippen MR) is 65.9 cm³/mol. The molecule has 0 bridgehead atoms. The Morgan fingerprint density at radius 2 is 2.33 bits per heavy atom. The summed E-state index contributed by atoms with van der Waals surface area (Å²) in [5, 5.41) is 4.26. The molecular weight excluding hydrogens is 208 g/mol. The third kappa shape index (κ3) is 2.27. The first kappa shape index (κ1) is 10.8. The van der Waals surface area contributed by atoms with E-state index in [0.717, 1.165) is 24.7 Å². The maximum atomic E-state index is 6.02. The van der Waals surface area contributed by atoms with Crippen molar-refractivity contribution in [3.8, 4) is 0 Å². The van der Waals surface area contributed by atoms with Crippen LogP contribution in [0.5, 0.6) is 0 Å². The van der Waals surface area contributed by atoms with E-state index in [0.29, 0.717) is 5.92 Å². The summed E-state index contributed by atoms with van der Waals surface area (Å²) in [4.78, 5) is 2.34. The Morgan fingerprint density at radius 1 is 1.53 bits per heavy atom. The molecule has 0 amide bonds. The highest BCUT2D eigenvalue weighted by atomic mass is 35.5. The first-order valence-electron chi connectivity index (χ1n) is 5.42. The zero-order valence-corrected chi connectivity index (χ0v) is 10.0. The zero-order chi connectivity index (χ0) is 10.8. The Hall–Kier alpha value is -0.730. The van der Waals surface area contributed by atoms with Crippen LogP contribution in [0.25, 0.3) is 0 Å². The molecule has 0 radical (unpaired) electrons. The first-order chi connectivity index (χ1) is 7.20. The lowest BCUT2D eigenvalue weighted by Crippen LogP contribution is -2.25. The molecule has 0 aliphatic carbocycles. The second-order valence-electron chi connectivity index (χ2n) is 4.16. The van der Waals surface area contributed by atoms with Crippen molar-refractivity contribution in [2.24, 2.45) is 0 Å². The van der Waals surface area contributed by atoms with Gasteiger partial charge in [-0.2, -0.15) is 0 Å². The number of hydrogen-bond donors (Lipinski definition) is 1. The summed E-state index contributed by atoms with van der Waals surface area (Å²) in [7, 11) is 2.16. The standard InChI is InChI=1S/C12H17ClN2/c1-3-15(2)8-9-7-14-12-5-4-10(13)6-11(9)12/h4-6,9,14H,3,7-8H2,1-2H3/t9-/m1/s1. The molecule has 1 atom stereocenters. The van der Waals surface area contributed by atoms with E-state index in [1.54, 1.807) is 0 Å². The Labute approximate surface area is 96.2 Å². The number of anilines is 1. The largest absolute Gasteiger partial charge is 0.384 e. The van der Waals surface area contributed by atoms with Crippen molar-refractivity contribution in [2.75, 3.05) is 32.0 Å². The van der Waals surface area contributed by atoms with Gasteiger partial charge in [0, 0.05) is 29.7 Å². The number of hydrogen-bond acceptors (Lipinski definition) is 2. The number of fused-ring (bicyclic) bond motifs is 1. The molecule has 1 N–H and O–H groups in total. The van der Waals surface area contributed by atoms with Crippen LogP contribution < -0.4 is 5.32 Å². The Bertz CT molecular complexity index is 351. The second-order valence-corrected chi connectivity index (χ2v) is 4.60. The van der Waals surface area contributed by atoms with Crippen LogP contribution >= 0.6 is 11.6 Å². The van der Waals surface area contributed by atoms with Gasteiger partial charge in [0.05, 0.1) is 0 Å². The molecule has 2 rings (SSSR count). The van der Waals surface area contributed by atoms with Gasteiger partial charge in [-0.25, -0.2) is 0 Å². The van der Waals surface area contributed by atoms with E-state index in [9.17, 15) is 0 Å². The molecule has 0 saturated heterocycles. The van der Waals surface area contributed by atoms with Crippen LogP contribution in [0.1, 0.15) is 18.4 Å². The number of likely N-dealkylation sites (N-methyl/N-ethyl adjacent to an activating group) is 1. The fraction of sp³-hybridized carbons (Fsp3) is 0.500. The molecule has 82 valence electrons. The van der Waals surface area contributed by atoms with Gasteiger partial charge in [-0.05, 0) is 37.4 Å². The van der Waals surface area contributed by atoms with Gasteiger partial charge in [0.15, 0.2) is 0 Å². The van der Waals surface area contributed by atoms with E-state index in [1.807, 2.05) is 6.07 Å².